The Morgan fingerprint density at radius 1 is 1.21 bits per heavy atom. The molecular weight excluding hydrogens is 478 g/mol. The Balaban J connectivity index is 1.79. The lowest BCUT2D eigenvalue weighted by molar-refractivity contribution is -0.137. The maximum absolute atomic E-state index is 14.3. The fraction of sp³-hybridized carbons (Fsp3) is 0.455. The molecule has 1 aliphatic heterocycles. The van der Waals surface area contributed by atoms with Gasteiger partial charge in [-0.05, 0) is 43.5 Å². The van der Waals surface area contributed by atoms with Crippen molar-refractivity contribution < 1.29 is 35.5 Å². The molecule has 186 valence electrons. The Kier molecular flexibility index (Phi) is 7.69. The summed E-state index contributed by atoms with van der Waals surface area (Å²) in [7, 11) is -2.78. The molecule has 12 heteroatoms. The summed E-state index contributed by atoms with van der Waals surface area (Å²) in [5, 5.41) is 0. The van der Waals surface area contributed by atoms with Crippen LogP contribution < -0.4 is 13.9 Å². The van der Waals surface area contributed by atoms with Gasteiger partial charge < -0.3 is 9.64 Å². The second kappa shape index (κ2) is 10.2. The molecule has 1 aromatic carbocycles. The second-order valence-electron chi connectivity index (χ2n) is 7.90. The van der Waals surface area contributed by atoms with Crippen LogP contribution in [-0.2, 0) is 21.0 Å². The molecule has 0 N–H and O–H groups in total. The Hall–Kier alpha value is -2.89. The van der Waals surface area contributed by atoms with Crippen LogP contribution in [0.25, 0.3) is 0 Å². The quantitative estimate of drug-likeness (QED) is 0.526. The largest absolute Gasteiger partial charge is 0.494 e. The molecule has 1 amide bonds. The van der Waals surface area contributed by atoms with E-state index in [4.69, 9.17) is 4.74 Å². The molecule has 2 heterocycles. The lowest BCUT2D eigenvalue weighted by Crippen LogP contribution is -2.46. The van der Waals surface area contributed by atoms with Crippen molar-refractivity contribution in [3.8, 4) is 5.75 Å². The van der Waals surface area contributed by atoms with Crippen molar-refractivity contribution in [3.63, 3.8) is 0 Å². The van der Waals surface area contributed by atoms with Gasteiger partial charge in [-0.25, -0.2) is 22.1 Å². The molecule has 0 saturated carbocycles. The normalized spacial score (nSPS) is 15.3. The molecule has 0 unspecified atom stereocenters. The molecule has 3 rings (SSSR count). The molecule has 34 heavy (non-hydrogen) atoms. The van der Waals surface area contributed by atoms with E-state index in [1.54, 1.807) is 11.8 Å². The number of sulfonamides is 1. The first-order chi connectivity index (χ1) is 16.0. The Morgan fingerprint density at radius 2 is 1.88 bits per heavy atom. The van der Waals surface area contributed by atoms with Crippen molar-refractivity contribution in [3.05, 3.63) is 47.9 Å². The number of pyridine rings is 1. The van der Waals surface area contributed by atoms with Gasteiger partial charge >= 0.3 is 6.18 Å². The molecule has 2 aromatic rings. The summed E-state index contributed by atoms with van der Waals surface area (Å²) in [4.78, 5) is 18.9. The van der Waals surface area contributed by atoms with E-state index < -0.39 is 39.4 Å². The number of amides is 1. The highest BCUT2D eigenvalue weighted by molar-refractivity contribution is 7.93. The smallest absolute Gasteiger partial charge is 0.417 e. The summed E-state index contributed by atoms with van der Waals surface area (Å²) in [6.45, 7) is 2.26. The third-order valence-corrected chi connectivity index (χ3v) is 7.42. The summed E-state index contributed by atoms with van der Waals surface area (Å²) in [5.41, 5.74) is -0.964. The first kappa shape index (κ1) is 25.7. The van der Waals surface area contributed by atoms with Gasteiger partial charge in [-0.3, -0.25) is 4.79 Å². The zero-order chi connectivity index (χ0) is 25.1. The lowest BCUT2D eigenvalue weighted by Gasteiger charge is -2.34. The monoisotopic (exact) mass is 503 g/mol. The second-order valence-corrected chi connectivity index (χ2v) is 9.84. The molecule has 1 aliphatic rings. The lowest BCUT2D eigenvalue weighted by atomic mass is 9.95. The summed E-state index contributed by atoms with van der Waals surface area (Å²) >= 11 is 0. The van der Waals surface area contributed by atoms with Crippen LogP contribution in [0, 0.1) is 11.7 Å². The van der Waals surface area contributed by atoms with Gasteiger partial charge in [0.15, 0.2) is 11.6 Å². The van der Waals surface area contributed by atoms with E-state index in [1.807, 2.05) is 0 Å². The molecule has 0 spiro atoms. The maximum atomic E-state index is 14.3. The fourth-order valence-corrected chi connectivity index (χ4v) is 5.37. The molecule has 0 bridgehead atoms. The van der Waals surface area contributed by atoms with E-state index in [9.17, 15) is 30.8 Å². The van der Waals surface area contributed by atoms with Gasteiger partial charge in [0.25, 0.3) is 0 Å². The first-order valence-corrected chi connectivity index (χ1v) is 12.3. The maximum Gasteiger partial charge on any atom is 0.417 e. The number of piperidine rings is 1. The zero-order valence-electron chi connectivity index (χ0n) is 18.7. The van der Waals surface area contributed by atoms with Crippen molar-refractivity contribution >= 4 is 27.4 Å². The van der Waals surface area contributed by atoms with E-state index in [-0.39, 0.29) is 36.5 Å². The average molecular weight is 504 g/mol. The van der Waals surface area contributed by atoms with Gasteiger partial charge in [0.05, 0.1) is 24.1 Å². The zero-order valence-corrected chi connectivity index (χ0v) is 19.5. The molecule has 1 aromatic heterocycles. The van der Waals surface area contributed by atoms with E-state index >= 15 is 0 Å². The Labute approximate surface area is 195 Å². The number of methoxy groups -OCH3 is 1. The van der Waals surface area contributed by atoms with Crippen molar-refractivity contribution in [1.82, 2.24) is 4.98 Å². The number of alkyl halides is 3. The molecule has 0 aliphatic carbocycles. The number of carbonyl (C=O) groups excluding carboxylic acids is 1. The minimum absolute atomic E-state index is 0.0820. The number of benzene rings is 1. The van der Waals surface area contributed by atoms with Crippen LogP contribution in [0.2, 0.25) is 0 Å². The number of rotatable bonds is 7. The highest BCUT2D eigenvalue weighted by Gasteiger charge is 2.36. The number of carbonyl (C=O) groups is 1. The minimum Gasteiger partial charge on any atom is -0.494 e. The van der Waals surface area contributed by atoms with Gasteiger partial charge in [0, 0.05) is 31.3 Å². The van der Waals surface area contributed by atoms with E-state index in [1.165, 1.54) is 25.3 Å². The third kappa shape index (κ3) is 5.60. The summed E-state index contributed by atoms with van der Waals surface area (Å²) in [6, 6.07) is 5.73. The SMILES string of the molecule is CCCS(=O)(=O)N(C(=O)C1CCN(c2ccc(C(F)(F)F)cn2)CC1)c1ccc(OC)c(F)c1. The number of ether oxygens (including phenoxy) is 1. The number of halogens is 4. The van der Waals surface area contributed by atoms with Crippen LogP contribution in [0.5, 0.6) is 5.75 Å². The van der Waals surface area contributed by atoms with Crippen LogP contribution in [-0.4, -0.2) is 45.3 Å². The number of anilines is 2. The van der Waals surface area contributed by atoms with Crippen LogP contribution in [0.3, 0.4) is 0 Å². The summed E-state index contributed by atoms with van der Waals surface area (Å²) < 4.78 is 83.9. The fourth-order valence-electron chi connectivity index (χ4n) is 3.82. The summed E-state index contributed by atoms with van der Waals surface area (Å²) in [5.74, 6) is -2.16. The van der Waals surface area contributed by atoms with Gasteiger partial charge in [0.1, 0.15) is 5.82 Å². The highest BCUT2D eigenvalue weighted by atomic mass is 32.2. The number of hydrogen-bond donors (Lipinski definition) is 0. The topological polar surface area (TPSA) is 79.8 Å². The molecule has 0 atom stereocenters. The van der Waals surface area contributed by atoms with Crippen molar-refractivity contribution in [2.45, 2.75) is 32.4 Å². The van der Waals surface area contributed by atoms with E-state index in [0.717, 1.165) is 18.3 Å². The van der Waals surface area contributed by atoms with Crippen molar-refractivity contribution in [1.29, 1.82) is 0 Å². The standard InChI is InChI=1S/C22H25F4N3O4S/c1-3-12-34(31,32)29(17-5-6-19(33-2)18(23)13-17)21(30)15-8-10-28(11-9-15)20-7-4-16(14-27-20)22(24,25)26/h4-7,13-15H,3,8-12H2,1-2H3. The molecule has 1 fully saturated rings. The first-order valence-electron chi connectivity index (χ1n) is 10.7. The molecule has 7 nitrogen and oxygen atoms in total. The molecule has 0 radical (unpaired) electrons. The number of hydrogen-bond acceptors (Lipinski definition) is 6. The average Bonchev–Trinajstić information content (AvgIpc) is 2.78. The molecule has 1 saturated heterocycles. The van der Waals surface area contributed by atoms with Gasteiger partial charge in [-0.2, -0.15) is 13.2 Å². The predicted molar refractivity (Wildman–Crippen MR) is 119 cm³/mol. The van der Waals surface area contributed by atoms with E-state index in [0.29, 0.717) is 23.2 Å². The van der Waals surface area contributed by atoms with Gasteiger partial charge in [-0.15, -0.1) is 0 Å². The van der Waals surface area contributed by atoms with Crippen molar-refractivity contribution in [2.24, 2.45) is 5.92 Å². The van der Waals surface area contributed by atoms with E-state index in [2.05, 4.69) is 4.98 Å². The highest BCUT2D eigenvalue weighted by Crippen LogP contribution is 2.32. The Morgan fingerprint density at radius 3 is 2.38 bits per heavy atom. The number of nitrogens with zero attached hydrogens (tertiary/aromatic N) is 3. The minimum atomic E-state index is -4.49. The van der Waals surface area contributed by atoms with Crippen LogP contribution in [0.1, 0.15) is 31.7 Å². The van der Waals surface area contributed by atoms with Crippen LogP contribution in [0.15, 0.2) is 36.5 Å². The van der Waals surface area contributed by atoms with Crippen LogP contribution in [0.4, 0.5) is 29.1 Å². The Bertz CT molecular complexity index is 1120. The molecular formula is C22H25F4N3O4S. The van der Waals surface area contributed by atoms with Crippen molar-refractivity contribution in [2.75, 3.05) is 35.2 Å². The van der Waals surface area contributed by atoms with Gasteiger partial charge in [-0.1, -0.05) is 6.92 Å². The van der Waals surface area contributed by atoms with Crippen LogP contribution >= 0.6 is 0 Å². The predicted octanol–water partition coefficient (Wildman–Crippen LogP) is 4.24. The third-order valence-electron chi connectivity index (χ3n) is 5.55. The summed E-state index contributed by atoms with van der Waals surface area (Å²) in [6.07, 6.45) is -2.94. The number of aromatic nitrogens is 1. The van der Waals surface area contributed by atoms with Gasteiger partial charge in [0.2, 0.25) is 15.9 Å².